The van der Waals surface area contributed by atoms with Crippen molar-refractivity contribution in [3.05, 3.63) is 0 Å². The molecule has 2 saturated carbocycles. The number of hydrogen-bond acceptors (Lipinski definition) is 4. The first-order valence-corrected chi connectivity index (χ1v) is 9.34. The van der Waals surface area contributed by atoms with Crippen molar-refractivity contribution in [2.45, 2.75) is 76.5 Å². The number of carbonyl (C=O) groups is 2. The molecule has 0 bridgehead atoms. The maximum absolute atomic E-state index is 12.7. The standard InChI is InChI=1S/C18H30N2O3/c1-2-4-11(17(22)18(23)20-13-7-8-13)9-15(21)16-14-6-3-5-12(14)10-19-16/h11-14,16-17,19,22H,2-10H2,1H3,(H,20,23)/t11-,12+,14+,16+,17?/m1/s1. The summed E-state index contributed by atoms with van der Waals surface area (Å²) in [6, 6.07) is 0.187. The van der Waals surface area contributed by atoms with Crippen LogP contribution in [-0.4, -0.2) is 41.5 Å². The Kier molecular flexibility index (Phi) is 5.37. The van der Waals surface area contributed by atoms with Gasteiger partial charge in [-0.25, -0.2) is 0 Å². The van der Waals surface area contributed by atoms with Crippen molar-refractivity contribution in [2.24, 2.45) is 17.8 Å². The van der Waals surface area contributed by atoms with Crippen LogP contribution in [0.5, 0.6) is 0 Å². The third-order valence-electron chi connectivity index (χ3n) is 5.85. The molecule has 130 valence electrons. The second-order valence-corrected chi connectivity index (χ2v) is 7.69. The third kappa shape index (κ3) is 3.94. The predicted molar refractivity (Wildman–Crippen MR) is 87.8 cm³/mol. The Labute approximate surface area is 138 Å². The number of Topliss-reactive ketones (excluding diaryl/α,β-unsaturated/α-hetero) is 1. The van der Waals surface area contributed by atoms with E-state index < -0.39 is 6.10 Å². The van der Waals surface area contributed by atoms with Crippen molar-refractivity contribution in [3.8, 4) is 0 Å². The normalized spacial score (nSPS) is 32.3. The molecule has 0 aromatic heterocycles. The van der Waals surface area contributed by atoms with Gasteiger partial charge in [0.1, 0.15) is 11.9 Å². The molecule has 0 spiro atoms. The topological polar surface area (TPSA) is 78.4 Å². The Morgan fingerprint density at radius 3 is 2.74 bits per heavy atom. The van der Waals surface area contributed by atoms with Crippen LogP contribution < -0.4 is 10.6 Å². The molecule has 1 aliphatic heterocycles. The molecule has 2 aliphatic carbocycles. The highest BCUT2D eigenvalue weighted by Crippen LogP contribution is 2.38. The van der Waals surface area contributed by atoms with Crippen LogP contribution in [0.2, 0.25) is 0 Å². The summed E-state index contributed by atoms with van der Waals surface area (Å²) in [5.41, 5.74) is 0. The highest BCUT2D eigenvalue weighted by molar-refractivity contribution is 5.87. The number of aliphatic hydroxyl groups is 1. The van der Waals surface area contributed by atoms with E-state index in [1.807, 2.05) is 6.92 Å². The zero-order chi connectivity index (χ0) is 16.4. The Morgan fingerprint density at radius 1 is 1.26 bits per heavy atom. The van der Waals surface area contributed by atoms with Gasteiger partial charge in [-0.15, -0.1) is 0 Å². The first-order chi connectivity index (χ1) is 11.1. The van der Waals surface area contributed by atoms with E-state index in [2.05, 4.69) is 10.6 Å². The Balaban J connectivity index is 1.57. The quantitative estimate of drug-likeness (QED) is 0.631. The van der Waals surface area contributed by atoms with E-state index in [4.69, 9.17) is 0 Å². The SMILES string of the molecule is CCC[C@H](CC(=O)[C@H]1NC[C@@H]2CCC[C@@H]21)C(O)C(=O)NC1CC1. The van der Waals surface area contributed by atoms with Crippen molar-refractivity contribution < 1.29 is 14.7 Å². The number of carbonyl (C=O) groups excluding carboxylic acids is 2. The smallest absolute Gasteiger partial charge is 0.249 e. The maximum atomic E-state index is 12.7. The van der Waals surface area contributed by atoms with Gasteiger partial charge in [-0.1, -0.05) is 19.8 Å². The summed E-state index contributed by atoms with van der Waals surface area (Å²) in [5, 5.41) is 16.6. The van der Waals surface area contributed by atoms with Gasteiger partial charge in [-0.3, -0.25) is 9.59 Å². The number of aliphatic hydroxyl groups excluding tert-OH is 1. The molecule has 3 fully saturated rings. The lowest BCUT2D eigenvalue weighted by molar-refractivity contribution is -0.134. The van der Waals surface area contributed by atoms with Gasteiger partial charge in [0.15, 0.2) is 0 Å². The minimum Gasteiger partial charge on any atom is -0.383 e. The van der Waals surface area contributed by atoms with E-state index in [1.54, 1.807) is 0 Å². The van der Waals surface area contributed by atoms with E-state index >= 15 is 0 Å². The third-order valence-corrected chi connectivity index (χ3v) is 5.85. The molecule has 23 heavy (non-hydrogen) atoms. The van der Waals surface area contributed by atoms with Crippen molar-refractivity contribution in [2.75, 3.05) is 6.54 Å². The molecule has 1 heterocycles. The fraction of sp³-hybridized carbons (Fsp3) is 0.889. The Hall–Kier alpha value is -0.940. The maximum Gasteiger partial charge on any atom is 0.249 e. The summed E-state index contributed by atoms with van der Waals surface area (Å²) in [7, 11) is 0. The van der Waals surface area contributed by atoms with Gasteiger partial charge in [-0.05, 0) is 50.5 Å². The number of fused-ring (bicyclic) bond motifs is 1. The van der Waals surface area contributed by atoms with Crippen molar-refractivity contribution in [3.63, 3.8) is 0 Å². The first kappa shape index (κ1) is 16.9. The number of ketones is 1. The largest absolute Gasteiger partial charge is 0.383 e. The number of amides is 1. The monoisotopic (exact) mass is 322 g/mol. The summed E-state index contributed by atoms with van der Waals surface area (Å²) in [6.45, 7) is 2.98. The molecule has 1 amide bonds. The molecule has 3 N–H and O–H groups in total. The van der Waals surface area contributed by atoms with E-state index in [1.165, 1.54) is 12.8 Å². The highest BCUT2D eigenvalue weighted by atomic mass is 16.3. The van der Waals surface area contributed by atoms with Crippen molar-refractivity contribution in [1.29, 1.82) is 0 Å². The number of rotatable bonds is 8. The predicted octanol–water partition coefficient (Wildman–Crippen LogP) is 1.39. The van der Waals surface area contributed by atoms with Crippen LogP contribution in [0.3, 0.4) is 0 Å². The highest BCUT2D eigenvalue weighted by Gasteiger charge is 2.43. The van der Waals surface area contributed by atoms with Gasteiger partial charge in [0.25, 0.3) is 0 Å². The van der Waals surface area contributed by atoms with E-state index in [0.717, 1.165) is 32.2 Å². The number of nitrogens with one attached hydrogen (secondary N) is 2. The van der Waals surface area contributed by atoms with Gasteiger partial charge in [0, 0.05) is 18.4 Å². The van der Waals surface area contributed by atoms with E-state index in [0.29, 0.717) is 24.7 Å². The van der Waals surface area contributed by atoms with Crippen LogP contribution in [0.4, 0.5) is 0 Å². The van der Waals surface area contributed by atoms with Crippen molar-refractivity contribution in [1.82, 2.24) is 10.6 Å². The van der Waals surface area contributed by atoms with Crippen LogP contribution >= 0.6 is 0 Å². The van der Waals surface area contributed by atoms with Crippen LogP contribution in [0.1, 0.15) is 58.3 Å². The lowest BCUT2D eigenvalue weighted by Gasteiger charge is -2.24. The molecule has 1 unspecified atom stereocenters. The fourth-order valence-electron chi connectivity index (χ4n) is 4.40. The Bertz CT molecular complexity index is 450. The summed E-state index contributed by atoms with van der Waals surface area (Å²) in [6.07, 6.45) is 6.45. The second kappa shape index (κ2) is 7.31. The van der Waals surface area contributed by atoms with Crippen molar-refractivity contribution >= 4 is 11.7 Å². The molecule has 1 saturated heterocycles. The van der Waals surface area contributed by atoms with Gasteiger partial charge >= 0.3 is 0 Å². The molecule has 5 atom stereocenters. The zero-order valence-electron chi connectivity index (χ0n) is 14.1. The summed E-state index contributed by atoms with van der Waals surface area (Å²) < 4.78 is 0. The Morgan fingerprint density at radius 2 is 2.04 bits per heavy atom. The van der Waals surface area contributed by atoms with Crippen LogP contribution in [-0.2, 0) is 9.59 Å². The van der Waals surface area contributed by atoms with Gasteiger partial charge in [0.05, 0.1) is 6.04 Å². The first-order valence-electron chi connectivity index (χ1n) is 9.34. The van der Waals surface area contributed by atoms with Gasteiger partial charge in [0.2, 0.25) is 5.91 Å². The molecule has 0 aromatic rings. The molecular formula is C18H30N2O3. The van der Waals surface area contributed by atoms with Crippen LogP contribution in [0.15, 0.2) is 0 Å². The average Bonchev–Trinajstić information content (AvgIpc) is 3.06. The minimum atomic E-state index is -1.06. The summed E-state index contributed by atoms with van der Waals surface area (Å²) in [5.74, 6) is 0.764. The van der Waals surface area contributed by atoms with Gasteiger partial charge < -0.3 is 15.7 Å². The molecule has 0 radical (unpaired) electrons. The van der Waals surface area contributed by atoms with Gasteiger partial charge in [-0.2, -0.15) is 0 Å². The fourth-order valence-corrected chi connectivity index (χ4v) is 4.40. The molecule has 3 aliphatic rings. The second-order valence-electron chi connectivity index (χ2n) is 7.69. The lowest BCUT2D eigenvalue weighted by atomic mass is 9.85. The molecule has 5 heteroatoms. The lowest BCUT2D eigenvalue weighted by Crippen LogP contribution is -2.43. The molecule has 5 nitrogen and oxygen atoms in total. The molecule has 0 aromatic carbocycles. The van der Waals surface area contributed by atoms with Crippen LogP contribution in [0, 0.1) is 17.8 Å². The molecular weight excluding hydrogens is 292 g/mol. The average molecular weight is 322 g/mol. The zero-order valence-corrected chi connectivity index (χ0v) is 14.1. The number of hydrogen-bond donors (Lipinski definition) is 3. The van der Waals surface area contributed by atoms with E-state index in [9.17, 15) is 14.7 Å². The van der Waals surface area contributed by atoms with Crippen LogP contribution in [0.25, 0.3) is 0 Å². The molecule has 3 rings (SSSR count). The summed E-state index contributed by atoms with van der Waals surface area (Å²) >= 11 is 0. The van der Waals surface area contributed by atoms with E-state index in [-0.39, 0.29) is 29.7 Å². The minimum absolute atomic E-state index is 0.0550. The summed E-state index contributed by atoms with van der Waals surface area (Å²) in [4.78, 5) is 24.8.